The van der Waals surface area contributed by atoms with Gasteiger partial charge in [0.25, 0.3) is 0 Å². The number of imidazole rings is 1. The zero-order valence-corrected chi connectivity index (χ0v) is 11.4. The minimum absolute atomic E-state index is 0.409. The summed E-state index contributed by atoms with van der Waals surface area (Å²) in [5.41, 5.74) is 7.63. The van der Waals surface area contributed by atoms with Crippen LogP contribution in [0.25, 0.3) is 11.3 Å². The van der Waals surface area contributed by atoms with Crippen molar-refractivity contribution in [3.05, 3.63) is 29.0 Å². The first-order valence-electron chi connectivity index (χ1n) is 5.25. The second-order valence-electron chi connectivity index (χ2n) is 3.66. The third-order valence-electron chi connectivity index (χ3n) is 2.57. The third kappa shape index (κ3) is 2.20. The number of benzene rings is 1. The van der Waals surface area contributed by atoms with E-state index in [2.05, 4.69) is 26.8 Å². The van der Waals surface area contributed by atoms with Crippen molar-refractivity contribution in [2.45, 2.75) is 6.54 Å². The Labute approximate surface area is 114 Å². The Morgan fingerprint density at radius 3 is 2.94 bits per heavy atom. The maximum Gasteiger partial charge on any atom is 0.132 e. The van der Waals surface area contributed by atoms with Crippen molar-refractivity contribution in [2.24, 2.45) is 0 Å². The zero-order valence-electron chi connectivity index (χ0n) is 9.85. The molecule has 0 fully saturated rings. The number of aromatic nitrogens is 2. The Morgan fingerprint density at radius 1 is 1.56 bits per heavy atom. The fourth-order valence-electron chi connectivity index (χ4n) is 1.64. The van der Waals surface area contributed by atoms with Gasteiger partial charge in [-0.25, -0.2) is 4.98 Å². The first kappa shape index (κ1) is 12.5. The lowest BCUT2D eigenvalue weighted by molar-refractivity contribution is 0.414. The van der Waals surface area contributed by atoms with E-state index >= 15 is 0 Å². The van der Waals surface area contributed by atoms with Crippen molar-refractivity contribution in [3.63, 3.8) is 0 Å². The lowest BCUT2D eigenvalue weighted by Gasteiger charge is -2.06. The predicted octanol–water partition coefficient (Wildman–Crippen LogP) is 2.54. The fraction of sp³-hybridized carbons (Fsp3) is 0.154. The Kier molecular flexibility index (Phi) is 3.58. The number of nitrogen functional groups attached to an aromatic ring is 1. The van der Waals surface area contributed by atoms with Crippen molar-refractivity contribution in [3.8, 4) is 29.4 Å². The number of ether oxygens (including phenoxy) is 1. The van der Waals surface area contributed by atoms with E-state index in [1.807, 2.05) is 18.2 Å². The van der Waals surface area contributed by atoms with Crippen LogP contribution in [0.3, 0.4) is 0 Å². The maximum absolute atomic E-state index is 6.01. The first-order valence-corrected chi connectivity index (χ1v) is 6.04. The van der Waals surface area contributed by atoms with E-state index in [4.69, 9.17) is 16.9 Å². The summed E-state index contributed by atoms with van der Waals surface area (Å²) in [5, 5.41) is 0. The molecule has 2 N–H and O–H groups in total. The van der Waals surface area contributed by atoms with Gasteiger partial charge < -0.3 is 15.0 Å². The molecule has 18 heavy (non-hydrogen) atoms. The molecule has 1 heterocycles. The van der Waals surface area contributed by atoms with Crippen LogP contribution >= 0.6 is 15.9 Å². The molecule has 0 bridgehead atoms. The summed E-state index contributed by atoms with van der Waals surface area (Å²) in [4.78, 5) is 4.29. The average Bonchev–Trinajstić information content (AvgIpc) is 2.72. The molecule has 0 amide bonds. The van der Waals surface area contributed by atoms with Gasteiger partial charge >= 0.3 is 0 Å². The molecule has 2 rings (SSSR count). The number of nitrogens with zero attached hydrogens (tertiary/aromatic N) is 2. The van der Waals surface area contributed by atoms with Crippen LogP contribution < -0.4 is 10.5 Å². The number of halogens is 1. The summed E-state index contributed by atoms with van der Waals surface area (Å²) in [6.07, 6.45) is 6.91. The minimum atomic E-state index is 0.409. The minimum Gasteiger partial charge on any atom is -0.497 e. The molecule has 0 spiro atoms. The summed E-state index contributed by atoms with van der Waals surface area (Å²) < 4.78 is 7.75. The van der Waals surface area contributed by atoms with Gasteiger partial charge in [-0.2, -0.15) is 0 Å². The van der Waals surface area contributed by atoms with Crippen LogP contribution in [0.4, 0.5) is 5.82 Å². The highest BCUT2D eigenvalue weighted by Crippen LogP contribution is 2.33. The molecule has 1 aromatic heterocycles. The highest BCUT2D eigenvalue weighted by atomic mass is 79.9. The number of terminal acetylenes is 1. The molecule has 0 aliphatic heterocycles. The van der Waals surface area contributed by atoms with E-state index in [0.717, 1.165) is 15.8 Å². The zero-order chi connectivity index (χ0) is 13.1. The van der Waals surface area contributed by atoms with Crippen LogP contribution in [0.15, 0.2) is 29.0 Å². The first-order chi connectivity index (χ1) is 8.67. The SMILES string of the molecule is C#CCn1cnc(-c2ccc(OC)cc2Br)c1N. The summed E-state index contributed by atoms with van der Waals surface area (Å²) in [5.74, 6) is 3.86. The molecular formula is C13H12BrN3O. The monoisotopic (exact) mass is 305 g/mol. The second kappa shape index (κ2) is 5.15. The number of rotatable bonds is 3. The number of nitrogens with two attached hydrogens (primary N) is 1. The van der Waals surface area contributed by atoms with E-state index in [1.54, 1.807) is 18.0 Å². The third-order valence-corrected chi connectivity index (χ3v) is 3.23. The van der Waals surface area contributed by atoms with E-state index in [-0.39, 0.29) is 0 Å². The van der Waals surface area contributed by atoms with Crippen molar-refractivity contribution in [1.82, 2.24) is 9.55 Å². The number of hydrogen-bond acceptors (Lipinski definition) is 3. The molecule has 0 aliphatic rings. The van der Waals surface area contributed by atoms with Gasteiger partial charge in [0.15, 0.2) is 0 Å². The Hall–Kier alpha value is -1.93. The normalized spacial score (nSPS) is 10.1. The highest BCUT2D eigenvalue weighted by Gasteiger charge is 2.12. The van der Waals surface area contributed by atoms with Crippen molar-refractivity contribution < 1.29 is 4.74 Å². The Bertz CT molecular complexity index is 613. The second-order valence-corrected chi connectivity index (χ2v) is 4.51. The molecule has 0 radical (unpaired) electrons. The van der Waals surface area contributed by atoms with E-state index in [0.29, 0.717) is 18.1 Å². The van der Waals surface area contributed by atoms with Crippen LogP contribution in [-0.2, 0) is 6.54 Å². The van der Waals surface area contributed by atoms with Gasteiger partial charge in [0, 0.05) is 10.0 Å². The summed E-state index contributed by atoms with van der Waals surface area (Å²) in [7, 11) is 1.62. The van der Waals surface area contributed by atoms with Gasteiger partial charge in [0.2, 0.25) is 0 Å². The van der Waals surface area contributed by atoms with Gasteiger partial charge in [-0.1, -0.05) is 5.92 Å². The molecule has 0 atom stereocenters. The van der Waals surface area contributed by atoms with Gasteiger partial charge in [-0.3, -0.25) is 0 Å². The molecule has 0 saturated heterocycles. The Morgan fingerprint density at radius 2 is 2.33 bits per heavy atom. The molecule has 4 nitrogen and oxygen atoms in total. The standard InChI is InChI=1S/C13H12BrN3O/c1-3-6-17-8-16-12(13(17)15)10-5-4-9(18-2)7-11(10)14/h1,4-5,7-8H,6,15H2,2H3. The molecule has 0 saturated carbocycles. The van der Waals surface area contributed by atoms with Gasteiger partial charge in [-0.15, -0.1) is 6.42 Å². The van der Waals surface area contributed by atoms with Crippen molar-refractivity contribution in [1.29, 1.82) is 0 Å². The molecule has 0 aliphatic carbocycles. The van der Waals surface area contributed by atoms with E-state index in [9.17, 15) is 0 Å². The predicted molar refractivity (Wildman–Crippen MR) is 75.2 cm³/mol. The van der Waals surface area contributed by atoms with Crippen LogP contribution in [-0.4, -0.2) is 16.7 Å². The number of anilines is 1. The molecule has 1 aromatic carbocycles. The average molecular weight is 306 g/mol. The molecule has 2 aromatic rings. The van der Waals surface area contributed by atoms with E-state index in [1.165, 1.54) is 0 Å². The largest absolute Gasteiger partial charge is 0.497 e. The van der Waals surface area contributed by atoms with Crippen molar-refractivity contribution in [2.75, 3.05) is 12.8 Å². The summed E-state index contributed by atoms with van der Waals surface area (Å²) in [6.45, 7) is 0.409. The summed E-state index contributed by atoms with van der Waals surface area (Å²) >= 11 is 3.48. The maximum atomic E-state index is 6.01. The van der Waals surface area contributed by atoms with Crippen LogP contribution in [0.2, 0.25) is 0 Å². The van der Waals surface area contributed by atoms with Crippen molar-refractivity contribution >= 4 is 21.7 Å². The topological polar surface area (TPSA) is 53.1 Å². The number of methoxy groups -OCH3 is 1. The smallest absolute Gasteiger partial charge is 0.132 e. The van der Waals surface area contributed by atoms with Crippen LogP contribution in [0.5, 0.6) is 5.75 Å². The lowest BCUT2D eigenvalue weighted by Crippen LogP contribution is -2.00. The molecule has 5 heteroatoms. The van der Waals surface area contributed by atoms with Crippen LogP contribution in [0.1, 0.15) is 0 Å². The van der Waals surface area contributed by atoms with Gasteiger partial charge in [-0.05, 0) is 34.1 Å². The van der Waals surface area contributed by atoms with E-state index < -0.39 is 0 Å². The fourth-order valence-corrected chi connectivity index (χ4v) is 2.18. The molecule has 92 valence electrons. The van der Waals surface area contributed by atoms with Gasteiger partial charge in [0.1, 0.15) is 17.3 Å². The molecule has 0 unspecified atom stereocenters. The number of hydrogen-bond donors (Lipinski definition) is 1. The molecular weight excluding hydrogens is 294 g/mol. The van der Waals surface area contributed by atoms with Crippen LogP contribution in [0, 0.1) is 12.3 Å². The Balaban J connectivity index is 2.46. The lowest BCUT2D eigenvalue weighted by atomic mass is 10.1. The van der Waals surface area contributed by atoms with Gasteiger partial charge in [0.05, 0.1) is 20.0 Å². The highest BCUT2D eigenvalue weighted by molar-refractivity contribution is 9.10. The summed E-state index contributed by atoms with van der Waals surface area (Å²) in [6, 6.07) is 5.64. The quantitative estimate of drug-likeness (QED) is 0.887.